The van der Waals surface area contributed by atoms with Crippen LogP contribution in [0.3, 0.4) is 0 Å². The lowest BCUT2D eigenvalue weighted by atomic mass is 10.1. The molecule has 4 rings (SSSR count). The number of carbonyl (C=O) groups is 3. The van der Waals surface area contributed by atoms with Crippen LogP contribution in [0, 0.1) is 5.92 Å². The van der Waals surface area contributed by atoms with Crippen LogP contribution in [0.4, 0.5) is 5.69 Å². The van der Waals surface area contributed by atoms with Gasteiger partial charge in [-0.3, -0.25) is 14.4 Å². The minimum absolute atomic E-state index is 0.0382. The molecule has 7 heteroatoms. The van der Waals surface area contributed by atoms with Crippen molar-refractivity contribution < 1.29 is 19.1 Å². The van der Waals surface area contributed by atoms with Crippen molar-refractivity contribution in [3.05, 3.63) is 51.7 Å². The Morgan fingerprint density at radius 3 is 2.86 bits per heavy atom. The third kappa shape index (κ3) is 4.19. The maximum absolute atomic E-state index is 12.9. The largest absolute Gasteiger partial charge is 0.469 e. The van der Waals surface area contributed by atoms with Crippen molar-refractivity contribution in [2.24, 2.45) is 5.92 Å². The molecule has 1 aliphatic carbocycles. The average molecular weight is 413 g/mol. The van der Waals surface area contributed by atoms with Crippen LogP contribution >= 0.6 is 11.3 Å². The van der Waals surface area contributed by atoms with Gasteiger partial charge in [0.05, 0.1) is 25.5 Å². The van der Waals surface area contributed by atoms with Crippen molar-refractivity contribution in [1.82, 2.24) is 5.32 Å². The Kier molecular flexibility index (Phi) is 5.67. The molecule has 0 bridgehead atoms. The smallest absolute Gasteiger partial charge is 0.307 e. The topological polar surface area (TPSA) is 75.7 Å². The summed E-state index contributed by atoms with van der Waals surface area (Å²) in [7, 11) is 1.33. The van der Waals surface area contributed by atoms with Gasteiger partial charge in [0, 0.05) is 23.5 Å². The van der Waals surface area contributed by atoms with E-state index in [1.165, 1.54) is 29.6 Å². The summed E-state index contributed by atoms with van der Waals surface area (Å²) in [4.78, 5) is 39.9. The van der Waals surface area contributed by atoms with Gasteiger partial charge in [0.25, 0.3) is 0 Å². The fourth-order valence-corrected chi connectivity index (χ4v) is 4.89. The second-order valence-electron chi connectivity index (χ2n) is 7.57. The Balaban J connectivity index is 1.45. The number of amides is 2. The third-order valence-corrected chi connectivity index (χ3v) is 6.68. The number of aryl methyl sites for hydroxylation is 2. The number of carbonyl (C=O) groups excluding carboxylic acids is 3. The summed E-state index contributed by atoms with van der Waals surface area (Å²) < 4.78 is 4.77. The van der Waals surface area contributed by atoms with Crippen LogP contribution in [0.15, 0.2) is 35.7 Å². The van der Waals surface area contributed by atoms with E-state index in [0.29, 0.717) is 6.54 Å². The lowest BCUT2D eigenvalue weighted by Gasteiger charge is -2.20. The van der Waals surface area contributed by atoms with Crippen LogP contribution in [-0.4, -0.2) is 31.4 Å². The number of benzene rings is 1. The summed E-state index contributed by atoms with van der Waals surface area (Å²) in [6.07, 6.45) is 3.54. The van der Waals surface area contributed by atoms with Gasteiger partial charge in [-0.2, -0.15) is 0 Å². The summed E-state index contributed by atoms with van der Waals surface area (Å²) in [6.45, 7) is 0.360. The zero-order chi connectivity index (χ0) is 20.4. The maximum atomic E-state index is 12.9. The Morgan fingerprint density at radius 1 is 1.28 bits per heavy atom. The minimum atomic E-state index is -0.445. The molecule has 0 radical (unpaired) electrons. The number of thiophene rings is 1. The molecule has 1 N–H and O–H groups in total. The molecule has 6 nitrogen and oxygen atoms in total. The van der Waals surface area contributed by atoms with Gasteiger partial charge >= 0.3 is 5.97 Å². The molecule has 2 aromatic rings. The van der Waals surface area contributed by atoms with E-state index in [1.54, 1.807) is 4.90 Å². The number of rotatable bonds is 6. The highest BCUT2D eigenvalue weighted by Crippen LogP contribution is 2.31. The van der Waals surface area contributed by atoms with Gasteiger partial charge in [-0.05, 0) is 54.0 Å². The summed E-state index contributed by atoms with van der Waals surface area (Å²) >= 11 is 1.48. The number of methoxy groups -OCH3 is 1. The normalized spacial score (nSPS) is 19.1. The Bertz CT molecular complexity index is 925. The van der Waals surface area contributed by atoms with Gasteiger partial charge in [-0.15, -0.1) is 11.3 Å². The third-order valence-electron chi connectivity index (χ3n) is 5.69. The predicted octanol–water partition coefficient (Wildman–Crippen LogP) is 3.01. The fourth-order valence-electron chi connectivity index (χ4n) is 4.11. The molecule has 1 aromatic heterocycles. The van der Waals surface area contributed by atoms with Crippen molar-refractivity contribution in [3.63, 3.8) is 0 Å². The molecule has 1 saturated heterocycles. The van der Waals surface area contributed by atoms with Crippen LogP contribution in [0.25, 0.3) is 0 Å². The van der Waals surface area contributed by atoms with Gasteiger partial charge in [0.15, 0.2) is 0 Å². The van der Waals surface area contributed by atoms with Crippen molar-refractivity contribution in [3.8, 4) is 0 Å². The number of nitrogens with zero attached hydrogens (tertiary/aromatic N) is 1. The molecule has 2 atom stereocenters. The van der Waals surface area contributed by atoms with E-state index in [0.717, 1.165) is 29.8 Å². The molecule has 1 aromatic carbocycles. The van der Waals surface area contributed by atoms with Crippen molar-refractivity contribution in [2.75, 3.05) is 18.6 Å². The molecule has 2 heterocycles. The first-order valence-corrected chi connectivity index (χ1v) is 10.8. The quantitative estimate of drug-likeness (QED) is 0.740. The number of fused-ring (bicyclic) bond motifs is 1. The van der Waals surface area contributed by atoms with Crippen LogP contribution in [0.2, 0.25) is 0 Å². The van der Waals surface area contributed by atoms with Crippen molar-refractivity contribution >= 4 is 34.8 Å². The predicted molar refractivity (Wildman–Crippen MR) is 111 cm³/mol. The highest BCUT2D eigenvalue weighted by atomic mass is 32.1. The number of hydrogen-bond donors (Lipinski definition) is 1. The van der Waals surface area contributed by atoms with Crippen LogP contribution in [-0.2, 0) is 32.0 Å². The standard InChI is InChI=1S/C22H24N2O4S/c1-28-21(26)12-18(19-6-3-9-29-19)23-22(27)16-11-20(25)24(13-16)17-8-7-14-4-2-5-15(14)10-17/h3,6-10,16,18H,2,4-5,11-13H2,1H3,(H,23,27)/t16-,18-/m0/s1. The van der Waals surface area contributed by atoms with E-state index >= 15 is 0 Å². The first kappa shape index (κ1) is 19.6. The van der Waals surface area contributed by atoms with E-state index in [4.69, 9.17) is 4.74 Å². The molecule has 152 valence electrons. The molecule has 29 heavy (non-hydrogen) atoms. The minimum Gasteiger partial charge on any atom is -0.469 e. The van der Waals surface area contributed by atoms with E-state index < -0.39 is 12.0 Å². The maximum Gasteiger partial charge on any atom is 0.307 e. The van der Waals surface area contributed by atoms with Crippen LogP contribution < -0.4 is 10.2 Å². The first-order chi connectivity index (χ1) is 14.0. The van der Waals surface area contributed by atoms with E-state index in [1.807, 2.05) is 23.6 Å². The molecule has 0 spiro atoms. The average Bonchev–Trinajstić information content (AvgIpc) is 3.47. The molecular weight excluding hydrogens is 388 g/mol. The van der Waals surface area contributed by atoms with E-state index in [2.05, 4.69) is 17.4 Å². The Morgan fingerprint density at radius 2 is 2.10 bits per heavy atom. The number of ether oxygens (including phenoxy) is 1. The number of esters is 1. The van der Waals surface area contributed by atoms with E-state index in [9.17, 15) is 14.4 Å². The monoisotopic (exact) mass is 412 g/mol. The summed E-state index contributed by atoms with van der Waals surface area (Å²) in [5.41, 5.74) is 3.53. The van der Waals surface area contributed by atoms with Gasteiger partial charge in [0.1, 0.15) is 0 Å². The summed E-state index contributed by atoms with van der Waals surface area (Å²) in [5, 5.41) is 4.86. The van der Waals surface area contributed by atoms with Crippen LogP contribution in [0.5, 0.6) is 0 Å². The Labute approximate surface area is 173 Å². The fraction of sp³-hybridized carbons (Fsp3) is 0.409. The first-order valence-electron chi connectivity index (χ1n) is 9.88. The molecule has 2 amide bonds. The SMILES string of the molecule is COC(=O)C[C@H](NC(=O)[C@H]1CC(=O)N(c2ccc3c(c2)CCC3)C1)c1cccs1. The van der Waals surface area contributed by atoms with E-state index in [-0.39, 0.29) is 30.6 Å². The lowest BCUT2D eigenvalue weighted by Crippen LogP contribution is -2.36. The molecule has 0 saturated carbocycles. The second-order valence-corrected chi connectivity index (χ2v) is 8.55. The highest BCUT2D eigenvalue weighted by molar-refractivity contribution is 7.10. The zero-order valence-corrected chi connectivity index (χ0v) is 17.2. The van der Waals surface area contributed by atoms with Crippen molar-refractivity contribution in [1.29, 1.82) is 0 Å². The van der Waals surface area contributed by atoms with Gasteiger partial charge in [0.2, 0.25) is 11.8 Å². The summed E-state index contributed by atoms with van der Waals surface area (Å²) in [5.74, 6) is -1.06. The van der Waals surface area contributed by atoms with Crippen LogP contribution in [0.1, 0.15) is 41.3 Å². The van der Waals surface area contributed by atoms with Gasteiger partial charge < -0.3 is 15.0 Å². The lowest BCUT2D eigenvalue weighted by molar-refractivity contribution is -0.141. The molecule has 1 aliphatic heterocycles. The number of anilines is 1. The number of hydrogen-bond acceptors (Lipinski definition) is 5. The second kappa shape index (κ2) is 8.37. The molecule has 0 unspecified atom stereocenters. The molecule has 2 aliphatic rings. The number of nitrogens with one attached hydrogen (secondary N) is 1. The summed E-state index contributed by atoms with van der Waals surface area (Å²) in [6, 6.07) is 9.49. The van der Waals surface area contributed by atoms with Gasteiger partial charge in [-0.1, -0.05) is 12.1 Å². The zero-order valence-electron chi connectivity index (χ0n) is 16.3. The molecule has 1 fully saturated rings. The van der Waals surface area contributed by atoms with Gasteiger partial charge in [-0.25, -0.2) is 0 Å². The highest BCUT2D eigenvalue weighted by Gasteiger charge is 2.36. The van der Waals surface area contributed by atoms with Crippen molar-refractivity contribution in [2.45, 2.75) is 38.1 Å². The molecular formula is C22H24N2O4S. The Hall–Kier alpha value is -2.67.